The van der Waals surface area contributed by atoms with E-state index in [4.69, 9.17) is 10.5 Å². The molecule has 11 heteroatoms. The summed E-state index contributed by atoms with van der Waals surface area (Å²) in [7, 11) is 0. The highest BCUT2D eigenvalue weighted by molar-refractivity contribution is 5.83. The summed E-state index contributed by atoms with van der Waals surface area (Å²) in [5.74, 6) is 0.513. The van der Waals surface area contributed by atoms with Crippen molar-refractivity contribution in [1.82, 2.24) is 29.3 Å². The van der Waals surface area contributed by atoms with Crippen LogP contribution in [0, 0.1) is 0 Å². The van der Waals surface area contributed by atoms with Gasteiger partial charge in [-0.3, -0.25) is 9.25 Å². The molecule has 4 aromatic rings. The Morgan fingerprint density at radius 2 is 1.83 bits per heavy atom. The molecule has 1 aliphatic rings. The van der Waals surface area contributed by atoms with Gasteiger partial charge in [0.1, 0.15) is 23.8 Å². The number of aromatic nitrogens is 6. The predicted octanol–water partition coefficient (Wildman–Crippen LogP) is 1.23. The zero-order chi connectivity index (χ0) is 24.9. The molecule has 1 saturated heterocycles. The molecule has 1 aromatic carbocycles. The van der Waals surface area contributed by atoms with E-state index in [0.29, 0.717) is 29.1 Å². The molecule has 0 saturated carbocycles. The number of anilines is 1. The minimum Gasteiger partial charge on any atom is -0.394 e. The van der Waals surface area contributed by atoms with E-state index in [9.17, 15) is 15.3 Å². The van der Waals surface area contributed by atoms with E-state index in [2.05, 4.69) is 65.1 Å². The third kappa shape index (κ3) is 4.27. The summed E-state index contributed by atoms with van der Waals surface area (Å²) in [4.78, 5) is 13.2. The Hall–Kier alpha value is -3.38. The maximum atomic E-state index is 10.4. The number of fused-ring (bicyclic) bond motifs is 1. The van der Waals surface area contributed by atoms with Crippen LogP contribution in [0.3, 0.4) is 0 Å². The fourth-order valence-corrected chi connectivity index (χ4v) is 4.23. The zero-order valence-corrected chi connectivity index (χ0v) is 19.8. The fraction of sp³-hybridized carbons (Fsp3) is 0.417. The van der Waals surface area contributed by atoms with E-state index in [1.165, 1.54) is 16.5 Å². The first kappa shape index (κ1) is 23.4. The van der Waals surface area contributed by atoms with Crippen molar-refractivity contribution in [3.63, 3.8) is 0 Å². The van der Waals surface area contributed by atoms with E-state index in [1.54, 1.807) is 10.9 Å². The molecule has 35 heavy (non-hydrogen) atoms. The third-order valence-electron chi connectivity index (χ3n) is 6.30. The second kappa shape index (κ2) is 8.68. The van der Waals surface area contributed by atoms with Crippen LogP contribution in [0.4, 0.5) is 5.82 Å². The molecule has 0 spiro atoms. The van der Waals surface area contributed by atoms with Crippen molar-refractivity contribution in [2.24, 2.45) is 0 Å². The molecule has 0 amide bonds. The Bertz CT molecular complexity index is 1340. The molecule has 3 aromatic heterocycles. The van der Waals surface area contributed by atoms with Crippen LogP contribution in [-0.2, 0) is 16.7 Å². The van der Waals surface area contributed by atoms with Crippen molar-refractivity contribution < 1.29 is 20.1 Å². The average molecular weight is 480 g/mol. The van der Waals surface area contributed by atoms with Crippen LogP contribution in [0.5, 0.6) is 0 Å². The summed E-state index contributed by atoms with van der Waals surface area (Å²) < 4.78 is 8.92. The number of hydrogen-bond donors (Lipinski definition) is 4. The molecule has 11 nitrogen and oxygen atoms in total. The fourth-order valence-electron chi connectivity index (χ4n) is 4.23. The number of benzene rings is 1. The standard InChI is InChI=1S/C24H29N7O4/c1-24(2,3)15-6-4-13(5-7-15)9-30-10-14(8-27-30)21-28-20(25)17-22(29-21)31(12-26-17)23-19(34)18(33)16(11-32)35-23/h4-8,10,12,16,18-19,23,32-34H,9,11H2,1-3H3,(H2,25,28,29)/t16-,18+,19-,23-/m1/s1. The second-order valence-corrected chi connectivity index (χ2v) is 9.86. The normalized spacial score (nSPS) is 22.8. The van der Waals surface area contributed by atoms with E-state index < -0.39 is 31.1 Å². The van der Waals surface area contributed by atoms with Gasteiger partial charge in [-0.05, 0) is 16.5 Å². The van der Waals surface area contributed by atoms with Crippen LogP contribution in [0.25, 0.3) is 22.6 Å². The maximum absolute atomic E-state index is 10.4. The van der Waals surface area contributed by atoms with Crippen molar-refractivity contribution >= 4 is 17.0 Å². The molecule has 0 aliphatic carbocycles. The van der Waals surface area contributed by atoms with E-state index in [-0.39, 0.29) is 11.2 Å². The summed E-state index contributed by atoms with van der Waals surface area (Å²) in [6, 6.07) is 8.47. The lowest BCUT2D eigenvalue weighted by molar-refractivity contribution is -0.0511. The Morgan fingerprint density at radius 1 is 1.09 bits per heavy atom. The lowest BCUT2D eigenvalue weighted by atomic mass is 9.87. The summed E-state index contributed by atoms with van der Waals surface area (Å²) in [6.45, 7) is 6.71. The molecule has 5 N–H and O–H groups in total. The molecule has 0 radical (unpaired) electrons. The quantitative estimate of drug-likeness (QED) is 0.330. The number of rotatable bonds is 5. The maximum Gasteiger partial charge on any atom is 0.168 e. The topological polar surface area (TPSA) is 157 Å². The van der Waals surface area contributed by atoms with Crippen molar-refractivity contribution in [2.45, 2.75) is 57.3 Å². The number of ether oxygens (including phenoxy) is 1. The van der Waals surface area contributed by atoms with Gasteiger partial charge >= 0.3 is 0 Å². The Morgan fingerprint density at radius 3 is 2.49 bits per heavy atom. The minimum absolute atomic E-state index is 0.0938. The average Bonchev–Trinajstić information content (AvgIpc) is 3.52. The lowest BCUT2D eigenvalue weighted by Gasteiger charge is -2.19. The Balaban J connectivity index is 1.43. The molecule has 0 unspecified atom stereocenters. The minimum atomic E-state index is -1.27. The van der Waals surface area contributed by atoms with Gasteiger partial charge in [0.25, 0.3) is 0 Å². The number of aliphatic hydroxyl groups excluding tert-OH is 3. The third-order valence-corrected chi connectivity index (χ3v) is 6.30. The summed E-state index contributed by atoms with van der Waals surface area (Å²) in [5.41, 5.74) is 9.99. The zero-order valence-electron chi connectivity index (χ0n) is 19.8. The highest BCUT2D eigenvalue weighted by Gasteiger charge is 2.44. The van der Waals surface area contributed by atoms with Crippen molar-refractivity contribution in [3.05, 3.63) is 54.1 Å². The van der Waals surface area contributed by atoms with Gasteiger partial charge in [0, 0.05) is 6.20 Å². The molecular formula is C24H29N7O4. The molecule has 5 rings (SSSR count). The van der Waals surface area contributed by atoms with Gasteiger partial charge in [-0.15, -0.1) is 0 Å². The molecule has 4 atom stereocenters. The second-order valence-electron chi connectivity index (χ2n) is 9.86. The monoisotopic (exact) mass is 479 g/mol. The van der Waals surface area contributed by atoms with Gasteiger partial charge in [0.05, 0.1) is 31.2 Å². The van der Waals surface area contributed by atoms with Crippen molar-refractivity contribution in [3.8, 4) is 11.4 Å². The van der Waals surface area contributed by atoms with Crippen LogP contribution in [-0.4, -0.2) is 69.5 Å². The summed E-state index contributed by atoms with van der Waals surface area (Å²) >= 11 is 0. The van der Waals surface area contributed by atoms with Crippen LogP contribution in [0.1, 0.15) is 38.1 Å². The lowest BCUT2D eigenvalue weighted by Crippen LogP contribution is -2.33. The van der Waals surface area contributed by atoms with Gasteiger partial charge in [-0.25, -0.2) is 15.0 Å². The van der Waals surface area contributed by atoms with Crippen LogP contribution in [0.2, 0.25) is 0 Å². The number of nitrogen functional groups attached to an aromatic ring is 1. The molecule has 0 bridgehead atoms. The number of aliphatic hydroxyl groups is 3. The van der Waals surface area contributed by atoms with E-state index >= 15 is 0 Å². The van der Waals surface area contributed by atoms with Gasteiger partial charge in [-0.2, -0.15) is 5.10 Å². The largest absolute Gasteiger partial charge is 0.394 e. The Kier molecular flexibility index (Phi) is 5.80. The van der Waals surface area contributed by atoms with Gasteiger partial charge in [0.15, 0.2) is 23.5 Å². The van der Waals surface area contributed by atoms with Crippen molar-refractivity contribution in [1.29, 1.82) is 0 Å². The molecule has 184 valence electrons. The Labute approximate surface area is 201 Å². The SMILES string of the molecule is CC(C)(C)c1ccc(Cn2cc(-c3nc(N)c4ncn([C@@H]5O[C@H](CO)[C@H](O)[C@H]5O)c4n3)cn2)cc1. The number of hydrogen-bond acceptors (Lipinski definition) is 9. The van der Waals surface area contributed by atoms with Crippen LogP contribution < -0.4 is 5.73 Å². The van der Waals surface area contributed by atoms with E-state index in [1.807, 2.05) is 6.20 Å². The number of imidazole rings is 1. The van der Waals surface area contributed by atoms with Gasteiger partial charge in [-0.1, -0.05) is 45.0 Å². The highest BCUT2D eigenvalue weighted by Crippen LogP contribution is 2.32. The first-order valence-electron chi connectivity index (χ1n) is 11.4. The van der Waals surface area contributed by atoms with Crippen LogP contribution in [0.15, 0.2) is 43.0 Å². The highest BCUT2D eigenvalue weighted by atomic mass is 16.6. The predicted molar refractivity (Wildman–Crippen MR) is 128 cm³/mol. The molecule has 1 fully saturated rings. The van der Waals surface area contributed by atoms with Gasteiger partial charge in [0.2, 0.25) is 0 Å². The number of nitrogens with two attached hydrogens (primary N) is 1. The van der Waals surface area contributed by atoms with Crippen molar-refractivity contribution in [2.75, 3.05) is 12.3 Å². The molecular weight excluding hydrogens is 450 g/mol. The molecule has 4 heterocycles. The molecule has 1 aliphatic heterocycles. The first-order chi connectivity index (χ1) is 16.7. The summed E-state index contributed by atoms with van der Waals surface area (Å²) in [6.07, 6.45) is 0.524. The smallest absolute Gasteiger partial charge is 0.168 e. The van der Waals surface area contributed by atoms with E-state index in [0.717, 1.165) is 5.56 Å². The first-order valence-corrected chi connectivity index (χ1v) is 11.4. The summed E-state index contributed by atoms with van der Waals surface area (Å²) in [5, 5.41) is 34.4. The van der Waals surface area contributed by atoms with Crippen LogP contribution >= 0.6 is 0 Å². The van der Waals surface area contributed by atoms with Gasteiger partial charge < -0.3 is 25.8 Å². The number of nitrogens with zero attached hydrogens (tertiary/aromatic N) is 6.